The summed E-state index contributed by atoms with van der Waals surface area (Å²) in [5.74, 6) is -0.294. The topological polar surface area (TPSA) is 110 Å². The van der Waals surface area contributed by atoms with Crippen LogP contribution < -0.4 is 4.74 Å². The maximum Gasteiger partial charge on any atom is 0.296 e. The summed E-state index contributed by atoms with van der Waals surface area (Å²) in [6.07, 6.45) is 3.68. The van der Waals surface area contributed by atoms with E-state index >= 15 is 4.39 Å². The summed E-state index contributed by atoms with van der Waals surface area (Å²) in [5.41, 5.74) is 3.20. The van der Waals surface area contributed by atoms with E-state index in [1.807, 2.05) is 6.07 Å². The van der Waals surface area contributed by atoms with Crippen molar-refractivity contribution in [3.8, 4) is 6.01 Å². The van der Waals surface area contributed by atoms with Crippen molar-refractivity contribution in [2.24, 2.45) is 0 Å². The number of hydrogen-bond donors (Lipinski definition) is 3. The Balaban J connectivity index is 1.20. The fourth-order valence-corrected chi connectivity index (χ4v) is 5.72. The first-order valence-corrected chi connectivity index (χ1v) is 12.9. The molecule has 4 heterocycles. The second-order valence-corrected chi connectivity index (χ2v) is 11.1. The van der Waals surface area contributed by atoms with Gasteiger partial charge in [-0.15, -0.1) is 0 Å². The number of aryl methyl sites for hydroxylation is 1. The Morgan fingerprint density at radius 1 is 1.22 bits per heavy atom. The number of fused-ring (bicyclic) bond motifs is 3. The van der Waals surface area contributed by atoms with Crippen LogP contribution in [0.15, 0.2) is 24.3 Å². The van der Waals surface area contributed by atoms with Crippen LogP contribution in [-0.4, -0.2) is 68.4 Å². The van der Waals surface area contributed by atoms with E-state index in [9.17, 15) is 10.2 Å². The molecular weight excluding hydrogens is 501 g/mol. The predicted molar refractivity (Wildman–Crippen MR) is 135 cm³/mol. The Morgan fingerprint density at radius 2 is 2.03 bits per heavy atom. The Hall–Kier alpha value is -2.56. The van der Waals surface area contributed by atoms with Crippen LogP contribution in [0.25, 0.3) is 17.2 Å². The molecule has 3 aliphatic rings. The summed E-state index contributed by atoms with van der Waals surface area (Å²) >= 11 is 6.58. The molecular formula is C27H29ClFN3O5. The largest absolute Gasteiger partial charge is 0.456 e. The normalized spacial score (nSPS) is 27.4. The number of nitrogens with zero attached hydrogens (tertiary/aromatic N) is 2. The Labute approximate surface area is 218 Å². The van der Waals surface area contributed by atoms with Crippen LogP contribution >= 0.6 is 11.6 Å². The smallest absolute Gasteiger partial charge is 0.296 e. The molecule has 3 N–H and O–H groups in total. The van der Waals surface area contributed by atoms with Crippen LogP contribution in [0.5, 0.6) is 6.01 Å². The van der Waals surface area contributed by atoms with E-state index in [1.165, 1.54) is 6.07 Å². The molecule has 0 saturated carbocycles. The van der Waals surface area contributed by atoms with Gasteiger partial charge in [-0.3, -0.25) is 0 Å². The Kier molecular flexibility index (Phi) is 6.24. The molecule has 8 nitrogen and oxygen atoms in total. The van der Waals surface area contributed by atoms with E-state index in [2.05, 4.69) is 15.0 Å². The average Bonchev–Trinajstić information content (AvgIpc) is 3.59. The van der Waals surface area contributed by atoms with E-state index in [0.717, 1.165) is 24.0 Å². The van der Waals surface area contributed by atoms with Gasteiger partial charge in [0.1, 0.15) is 24.1 Å². The van der Waals surface area contributed by atoms with Gasteiger partial charge in [0.2, 0.25) is 0 Å². The standard InChI is InChI=1S/C27H29ClFN3O5/c1-27(2,34)6-5-13-7-14-3-4-15(22(14)17(29)8-13)9-18-16(28)10-19-25(30-18)32-26(31-19)37-21-12-36-23-20(33)11-35-24(21)23/h5-8,10,15,20-21,23-24,33-34H,3-4,9,11-12H2,1-2H3,(H,30,31,32)/b6-5+/t15?,20-,21-,23-,24-/m1/s1. The van der Waals surface area contributed by atoms with Gasteiger partial charge in [0, 0.05) is 0 Å². The number of nitrogens with one attached hydrogen (secondary N) is 1. The van der Waals surface area contributed by atoms with E-state index < -0.39 is 17.8 Å². The van der Waals surface area contributed by atoms with Crippen molar-refractivity contribution in [1.82, 2.24) is 15.0 Å². The van der Waals surface area contributed by atoms with Crippen molar-refractivity contribution in [3.63, 3.8) is 0 Å². The summed E-state index contributed by atoms with van der Waals surface area (Å²) in [4.78, 5) is 12.2. The number of aromatic amines is 1. The number of pyridine rings is 1. The molecule has 5 atom stereocenters. The first-order valence-electron chi connectivity index (χ1n) is 12.5. The molecule has 2 aliphatic heterocycles. The first-order chi connectivity index (χ1) is 17.6. The van der Waals surface area contributed by atoms with Gasteiger partial charge >= 0.3 is 0 Å². The van der Waals surface area contributed by atoms with Crippen LogP contribution in [0.4, 0.5) is 4.39 Å². The van der Waals surface area contributed by atoms with Crippen LogP contribution in [0, 0.1) is 5.82 Å². The summed E-state index contributed by atoms with van der Waals surface area (Å²) in [5, 5.41) is 20.3. The number of rotatable bonds is 6. The van der Waals surface area contributed by atoms with Crippen molar-refractivity contribution in [2.45, 2.75) is 69.0 Å². The number of H-pyrrole nitrogens is 1. The molecule has 10 heteroatoms. The van der Waals surface area contributed by atoms with Crippen molar-refractivity contribution in [1.29, 1.82) is 0 Å². The number of aliphatic hydroxyl groups is 2. The third kappa shape index (κ3) is 4.86. The molecule has 1 unspecified atom stereocenters. The van der Waals surface area contributed by atoms with Crippen molar-refractivity contribution in [2.75, 3.05) is 13.2 Å². The van der Waals surface area contributed by atoms with Gasteiger partial charge in [-0.1, -0.05) is 29.8 Å². The zero-order valence-electron chi connectivity index (χ0n) is 20.6. The lowest BCUT2D eigenvalue weighted by molar-refractivity contribution is 0.00706. The second-order valence-electron chi connectivity index (χ2n) is 10.7. The van der Waals surface area contributed by atoms with E-state index in [-0.39, 0.29) is 36.6 Å². The zero-order chi connectivity index (χ0) is 25.9. The summed E-state index contributed by atoms with van der Waals surface area (Å²) in [7, 11) is 0. The van der Waals surface area contributed by atoms with Crippen LogP contribution in [0.3, 0.4) is 0 Å². The molecule has 6 rings (SSSR count). The van der Waals surface area contributed by atoms with Gasteiger partial charge in [-0.25, -0.2) is 9.37 Å². The third-order valence-corrected chi connectivity index (χ3v) is 7.58. The molecule has 0 bridgehead atoms. The van der Waals surface area contributed by atoms with Gasteiger partial charge in [0.05, 0.1) is 35.0 Å². The quantitative estimate of drug-likeness (QED) is 0.446. The maximum absolute atomic E-state index is 15.2. The number of imidazole rings is 1. The zero-order valence-corrected chi connectivity index (χ0v) is 21.3. The molecule has 0 radical (unpaired) electrons. The van der Waals surface area contributed by atoms with Crippen LogP contribution in [-0.2, 0) is 22.3 Å². The van der Waals surface area contributed by atoms with Gasteiger partial charge in [0.25, 0.3) is 6.01 Å². The summed E-state index contributed by atoms with van der Waals surface area (Å²) < 4.78 is 32.4. The van der Waals surface area contributed by atoms with Crippen molar-refractivity contribution >= 4 is 28.8 Å². The Bertz CT molecular complexity index is 1370. The highest BCUT2D eigenvalue weighted by molar-refractivity contribution is 6.31. The molecule has 1 aromatic carbocycles. The lowest BCUT2D eigenvalue weighted by atomic mass is 9.94. The van der Waals surface area contributed by atoms with E-state index in [4.69, 9.17) is 25.8 Å². The van der Waals surface area contributed by atoms with Crippen LogP contribution in [0.2, 0.25) is 5.02 Å². The van der Waals surface area contributed by atoms with Gasteiger partial charge < -0.3 is 29.4 Å². The highest BCUT2D eigenvalue weighted by atomic mass is 35.5. The highest BCUT2D eigenvalue weighted by Crippen LogP contribution is 2.39. The fourth-order valence-electron chi connectivity index (χ4n) is 5.49. The number of benzene rings is 1. The van der Waals surface area contributed by atoms with Crippen LogP contribution in [0.1, 0.15) is 48.6 Å². The van der Waals surface area contributed by atoms with E-state index in [1.54, 1.807) is 32.1 Å². The molecule has 3 aromatic rings. The SMILES string of the molecule is CC(C)(O)/C=C/c1cc(F)c2c(c1)CCC2Cc1nc2nc(O[C@@H]3CO[C@H]4[C@@H]3OC[C@H]4O)[nH]c2cc1Cl. The molecule has 37 heavy (non-hydrogen) atoms. The minimum Gasteiger partial charge on any atom is -0.456 e. The maximum atomic E-state index is 15.2. The number of halogens is 2. The molecule has 0 amide bonds. The second kappa shape index (κ2) is 9.32. The van der Waals surface area contributed by atoms with Crippen molar-refractivity contribution in [3.05, 3.63) is 57.5 Å². The number of hydrogen-bond acceptors (Lipinski definition) is 7. The lowest BCUT2D eigenvalue weighted by Gasteiger charge is -2.15. The van der Waals surface area contributed by atoms with Gasteiger partial charge in [-0.2, -0.15) is 4.98 Å². The third-order valence-electron chi connectivity index (χ3n) is 7.25. The fraction of sp³-hybridized carbons (Fsp3) is 0.481. The molecule has 0 spiro atoms. The highest BCUT2D eigenvalue weighted by Gasteiger charge is 2.48. The summed E-state index contributed by atoms with van der Waals surface area (Å²) in [6, 6.07) is 5.54. The molecule has 2 saturated heterocycles. The molecule has 196 valence electrons. The minimum atomic E-state index is -0.962. The lowest BCUT2D eigenvalue weighted by Crippen LogP contribution is -2.34. The monoisotopic (exact) mass is 529 g/mol. The predicted octanol–water partition coefficient (Wildman–Crippen LogP) is 3.71. The molecule has 1 aliphatic carbocycles. The number of aromatic nitrogens is 3. The molecule has 2 aromatic heterocycles. The first kappa shape index (κ1) is 24.8. The Morgan fingerprint density at radius 3 is 2.84 bits per heavy atom. The van der Waals surface area contributed by atoms with Gasteiger partial charge in [-0.05, 0) is 67.9 Å². The van der Waals surface area contributed by atoms with E-state index in [0.29, 0.717) is 40.5 Å². The number of aliphatic hydroxyl groups excluding tert-OH is 1. The minimum absolute atomic E-state index is 0.0436. The van der Waals surface area contributed by atoms with Gasteiger partial charge in [0.15, 0.2) is 11.8 Å². The summed E-state index contributed by atoms with van der Waals surface area (Å²) in [6.45, 7) is 3.88. The molecule has 2 fully saturated rings. The average molecular weight is 530 g/mol. The van der Waals surface area contributed by atoms with Crippen molar-refractivity contribution < 1.29 is 28.8 Å². The number of ether oxygens (including phenoxy) is 3.